The summed E-state index contributed by atoms with van der Waals surface area (Å²) in [5.74, 6) is 0.467. The van der Waals surface area contributed by atoms with Gasteiger partial charge in [-0.15, -0.1) is 0 Å². The summed E-state index contributed by atoms with van der Waals surface area (Å²) in [5, 5.41) is 3.54. The van der Waals surface area contributed by atoms with E-state index in [1.807, 2.05) is 0 Å². The smallest absolute Gasteiger partial charge is 0.220 e. The largest absolute Gasteiger partial charge is 0.369 e. The fraction of sp³-hybridized carbons (Fsp3) is 0.917. The summed E-state index contributed by atoms with van der Waals surface area (Å²) in [6.45, 7) is 0. The lowest BCUT2D eigenvalue weighted by atomic mass is 9.85. The first-order valence-corrected chi connectivity index (χ1v) is 8.54. The fourth-order valence-corrected chi connectivity index (χ4v) is 4.43. The molecule has 0 aromatic rings. The molecule has 0 radical (unpaired) electrons. The van der Waals surface area contributed by atoms with Crippen molar-refractivity contribution in [1.82, 2.24) is 5.32 Å². The van der Waals surface area contributed by atoms with Gasteiger partial charge < -0.3 is 11.1 Å². The summed E-state index contributed by atoms with van der Waals surface area (Å²) in [4.78, 5) is 11.1. The normalized spacial score (nSPS) is 33.1. The molecule has 0 atom stereocenters. The van der Waals surface area contributed by atoms with Crippen LogP contribution in [0.2, 0.25) is 0 Å². The van der Waals surface area contributed by atoms with Crippen LogP contribution in [0.3, 0.4) is 0 Å². The summed E-state index contributed by atoms with van der Waals surface area (Å²) in [6.07, 6.45) is 5.10. The highest BCUT2D eigenvalue weighted by atomic mass is 32.2. The molecule has 2 aliphatic rings. The van der Waals surface area contributed by atoms with Crippen molar-refractivity contribution >= 4 is 15.7 Å². The van der Waals surface area contributed by atoms with Gasteiger partial charge in [0.25, 0.3) is 0 Å². The first-order valence-electron chi connectivity index (χ1n) is 6.72. The zero-order valence-electron chi connectivity index (χ0n) is 10.6. The number of sulfone groups is 1. The van der Waals surface area contributed by atoms with Crippen LogP contribution in [0.5, 0.6) is 0 Å². The Morgan fingerprint density at radius 2 is 1.44 bits per heavy atom. The first-order chi connectivity index (χ1) is 8.46. The van der Waals surface area contributed by atoms with Gasteiger partial charge in [0.05, 0.1) is 11.5 Å². The van der Waals surface area contributed by atoms with Crippen molar-refractivity contribution in [3.63, 3.8) is 0 Å². The maximum atomic E-state index is 11.3. The van der Waals surface area contributed by atoms with Crippen LogP contribution in [0.15, 0.2) is 0 Å². The molecule has 3 N–H and O–H groups in total. The second-order valence-corrected chi connectivity index (χ2v) is 7.85. The summed E-state index contributed by atoms with van der Waals surface area (Å²) in [7, 11) is -2.78. The van der Waals surface area contributed by atoms with Crippen molar-refractivity contribution in [3.05, 3.63) is 0 Å². The molecule has 5 nitrogen and oxygen atoms in total. The van der Waals surface area contributed by atoms with Crippen molar-refractivity contribution in [2.75, 3.05) is 11.5 Å². The molecule has 0 bridgehead atoms. The van der Waals surface area contributed by atoms with Crippen LogP contribution in [0, 0.1) is 5.92 Å². The zero-order chi connectivity index (χ0) is 13.2. The minimum Gasteiger partial charge on any atom is -0.369 e. The molecule has 0 spiro atoms. The van der Waals surface area contributed by atoms with Gasteiger partial charge in [-0.1, -0.05) is 0 Å². The molecule has 1 saturated heterocycles. The van der Waals surface area contributed by atoms with Gasteiger partial charge >= 0.3 is 0 Å². The molecule has 1 aliphatic carbocycles. The molecule has 1 saturated carbocycles. The van der Waals surface area contributed by atoms with Crippen molar-refractivity contribution in [3.8, 4) is 0 Å². The minimum atomic E-state index is -2.78. The molecule has 1 heterocycles. The SMILES string of the molecule is NC(=O)C1CCC(NC2CCS(=O)(=O)CC2)CC1. The van der Waals surface area contributed by atoms with Crippen LogP contribution in [0.1, 0.15) is 38.5 Å². The Hall–Kier alpha value is -0.620. The lowest BCUT2D eigenvalue weighted by molar-refractivity contribution is -0.122. The Balaban J connectivity index is 1.74. The number of rotatable bonds is 3. The Labute approximate surface area is 108 Å². The molecule has 2 rings (SSSR count). The van der Waals surface area contributed by atoms with Crippen LogP contribution in [0.4, 0.5) is 0 Å². The first kappa shape index (κ1) is 13.8. The molecule has 0 aromatic carbocycles. The second-order valence-electron chi connectivity index (χ2n) is 5.54. The van der Waals surface area contributed by atoms with E-state index in [-0.39, 0.29) is 11.8 Å². The summed E-state index contributed by atoms with van der Waals surface area (Å²) < 4.78 is 22.7. The fourth-order valence-electron chi connectivity index (χ4n) is 2.93. The van der Waals surface area contributed by atoms with Crippen LogP contribution in [-0.4, -0.2) is 37.9 Å². The highest BCUT2D eigenvalue weighted by Gasteiger charge is 2.28. The van der Waals surface area contributed by atoms with E-state index >= 15 is 0 Å². The molecule has 0 unspecified atom stereocenters. The number of nitrogens with one attached hydrogen (secondary N) is 1. The van der Waals surface area contributed by atoms with E-state index < -0.39 is 9.84 Å². The monoisotopic (exact) mass is 274 g/mol. The standard InChI is InChI=1S/C12H22N2O3S/c13-12(15)9-1-3-10(4-2-9)14-11-5-7-18(16,17)8-6-11/h9-11,14H,1-8H2,(H2,13,15). The average Bonchev–Trinajstić information content (AvgIpc) is 2.33. The number of carbonyl (C=O) groups excluding carboxylic acids is 1. The van der Waals surface area contributed by atoms with Gasteiger partial charge in [-0.05, 0) is 38.5 Å². The molecule has 1 aliphatic heterocycles. The van der Waals surface area contributed by atoms with E-state index in [0.29, 0.717) is 23.6 Å². The molecular weight excluding hydrogens is 252 g/mol. The molecule has 104 valence electrons. The lowest BCUT2D eigenvalue weighted by Gasteiger charge is -2.32. The Morgan fingerprint density at radius 1 is 0.944 bits per heavy atom. The van der Waals surface area contributed by atoms with E-state index in [4.69, 9.17) is 5.73 Å². The number of amides is 1. The third-order valence-corrected chi connectivity index (χ3v) is 5.87. The van der Waals surface area contributed by atoms with Gasteiger partial charge in [-0.3, -0.25) is 4.79 Å². The van der Waals surface area contributed by atoms with Gasteiger partial charge in [0, 0.05) is 18.0 Å². The number of nitrogens with two attached hydrogens (primary N) is 1. The van der Waals surface area contributed by atoms with E-state index in [2.05, 4.69) is 5.32 Å². The molecular formula is C12H22N2O3S. The highest BCUT2D eigenvalue weighted by Crippen LogP contribution is 2.25. The highest BCUT2D eigenvalue weighted by molar-refractivity contribution is 7.91. The third kappa shape index (κ3) is 3.68. The number of carbonyl (C=O) groups is 1. The third-order valence-electron chi connectivity index (χ3n) is 4.16. The molecule has 2 fully saturated rings. The lowest BCUT2D eigenvalue weighted by Crippen LogP contribution is -2.45. The van der Waals surface area contributed by atoms with Gasteiger partial charge in [0.1, 0.15) is 9.84 Å². The minimum absolute atomic E-state index is 0.0368. The summed E-state index contributed by atoms with van der Waals surface area (Å²) in [5.41, 5.74) is 5.30. The summed E-state index contributed by atoms with van der Waals surface area (Å²) >= 11 is 0. The number of primary amides is 1. The number of hydrogen-bond acceptors (Lipinski definition) is 4. The van der Waals surface area contributed by atoms with E-state index in [9.17, 15) is 13.2 Å². The van der Waals surface area contributed by atoms with Crippen molar-refractivity contribution in [2.45, 2.75) is 50.6 Å². The van der Waals surface area contributed by atoms with Crippen molar-refractivity contribution in [1.29, 1.82) is 0 Å². The Kier molecular flexibility index (Phi) is 4.27. The Morgan fingerprint density at radius 3 is 1.94 bits per heavy atom. The van der Waals surface area contributed by atoms with E-state index in [1.165, 1.54) is 0 Å². The van der Waals surface area contributed by atoms with Crippen LogP contribution in [-0.2, 0) is 14.6 Å². The van der Waals surface area contributed by atoms with Crippen molar-refractivity contribution < 1.29 is 13.2 Å². The van der Waals surface area contributed by atoms with Crippen LogP contribution in [0.25, 0.3) is 0 Å². The number of hydrogen-bond donors (Lipinski definition) is 2. The maximum Gasteiger partial charge on any atom is 0.220 e. The maximum absolute atomic E-state index is 11.3. The summed E-state index contributed by atoms with van der Waals surface area (Å²) in [6, 6.07) is 0.745. The second kappa shape index (κ2) is 5.57. The average molecular weight is 274 g/mol. The van der Waals surface area contributed by atoms with Crippen molar-refractivity contribution in [2.24, 2.45) is 11.7 Å². The zero-order valence-corrected chi connectivity index (χ0v) is 11.4. The van der Waals surface area contributed by atoms with Gasteiger partial charge in [-0.25, -0.2) is 8.42 Å². The van der Waals surface area contributed by atoms with Gasteiger partial charge in [0.15, 0.2) is 0 Å². The van der Waals surface area contributed by atoms with Crippen LogP contribution >= 0.6 is 0 Å². The Bertz CT molecular complexity index is 386. The predicted octanol–water partition coefficient (Wildman–Crippen LogP) is 0.197. The molecule has 1 amide bonds. The van der Waals surface area contributed by atoms with E-state index in [1.54, 1.807) is 0 Å². The van der Waals surface area contributed by atoms with E-state index in [0.717, 1.165) is 38.5 Å². The van der Waals surface area contributed by atoms with Gasteiger partial charge in [-0.2, -0.15) is 0 Å². The quantitative estimate of drug-likeness (QED) is 0.769. The molecule has 6 heteroatoms. The molecule has 18 heavy (non-hydrogen) atoms. The molecule has 0 aromatic heterocycles. The topological polar surface area (TPSA) is 89.3 Å². The van der Waals surface area contributed by atoms with Crippen LogP contribution < -0.4 is 11.1 Å². The van der Waals surface area contributed by atoms with Gasteiger partial charge in [0.2, 0.25) is 5.91 Å². The predicted molar refractivity (Wildman–Crippen MR) is 69.8 cm³/mol.